The number of hydrogen-bond donors (Lipinski definition) is 0. The second-order valence-corrected chi connectivity index (χ2v) is 2.66. The van der Waals surface area contributed by atoms with Crippen LogP contribution >= 0.6 is 0 Å². The van der Waals surface area contributed by atoms with Crippen molar-refractivity contribution < 1.29 is 8.22 Å². The Morgan fingerprint density at radius 2 is 1.42 bits per heavy atom. The fourth-order valence-electron chi connectivity index (χ4n) is 1.43. The van der Waals surface area contributed by atoms with Gasteiger partial charge in [0.25, 0.3) is 0 Å². The molecule has 1 aliphatic carbocycles. The summed E-state index contributed by atoms with van der Waals surface area (Å²) >= 11 is 0. The molecule has 0 saturated carbocycles. The molecule has 0 amide bonds. The minimum atomic E-state index is -0.236. The van der Waals surface area contributed by atoms with Gasteiger partial charge in [0.15, 0.2) is 0 Å². The minimum absolute atomic E-state index is 0.0565. The second-order valence-electron chi connectivity index (χ2n) is 2.66. The topological polar surface area (TPSA) is 0 Å². The third kappa shape index (κ3) is 0.620. The summed E-state index contributed by atoms with van der Waals surface area (Å²) in [5.74, 6) is 0. The van der Waals surface area contributed by atoms with E-state index in [0.717, 1.165) is 0 Å². The van der Waals surface area contributed by atoms with Crippen molar-refractivity contribution >= 4 is 22.9 Å². The van der Waals surface area contributed by atoms with Crippen LogP contribution in [0.5, 0.6) is 0 Å². The van der Waals surface area contributed by atoms with Gasteiger partial charge in [0.2, 0.25) is 0 Å². The minimum Gasteiger partial charge on any atom is -0.0610 e. The molecule has 0 radical (unpaired) electrons. The summed E-state index contributed by atoms with van der Waals surface area (Å²) < 4.78 is 46.8. The molecule has 0 aliphatic heterocycles. The van der Waals surface area contributed by atoms with Gasteiger partial charge in [0.05, 0.1) is 8.22 Å². The third-order valence-corrected chi connectivity index (χ3v) is 1.97. The van der Waals surface area contributed by atoms with Crippen molar-refractivity contribution in [2.75, 3.05) is 0 Å². The summed E-state index contributed by atoms with van der Waals surface area (Å²) in [6.07, 6.45) is 3.24. The van der Waals surface area contributed by atoms with Gasteiger partial charge in [0, 0.05) is 0 Å². The largest absolute Gasteiger partial charge is 0.0629 e. The van der Waals surface area contributed by atoms with E-state index in [1.54, 1.807) is 12.2 Å². The molecule has 0 saturated heterocycles. The molecule has 56 valence electrons. The van der Waals surface area contributed by atoms with Crippen molar-refractivity contribution in [3.05, 3.63) is 47.4 Å². The van der Waals surface area contributed by atoms with Gasteiger partial charge in [-0.25, -0.2) is 0 Å². The van der Waals surface area contributed by atoms with Crippen LogP contribution in [0.1, 0.15) is 19.4 Å². The Morgan fingerprint density at radius 3 is 2.00 bits per heavy atom. The van der Waals surface area contributed by atoms with E-state index in [1.807, 2.05) is 0 Å². The fraction of sp³-hybridized carbons (Fsp3) is 0. The van der Waals surface area contributed by atoms with E-state index in [0.29, 0.717) is 16.5 Å². The summed E-state index contributed by atoms with van der Waals surface area (Å²) in [6, 6.07) is -0.997. The third-order valence-electron chi connectivity index (χ3n) is 1.97. The van der Waals surface area contributed by atoms with Gasteiger partial charge in [0.1, 0.15) is 0 Å². The smallest absolute Gasteiger partial charge is 0.0610 e. The van der Waals surface area contributed by atoms with Gasteiger partial charge >= 0.3 is 0 Å². The molecular formula is C12H8. The molecule has 1 aliphatic rings. The molecule has 0 N–H and O–H groups in total. The Labute approximate surface area is 79.6 Å². The number of benzene rings is 2. The van der Waals surface area contributed by atoms with Crippen molar-refractivity contribution in [1.82, 2.24) is 0 Å². The first-order chi connectivity index (χ1) is 8.45. The van der Waals surface area contributed by atoms with E-state index in [4.69, 9.17) is 8.22 Å². The van der Waals surface area contributed by atoms with E-state index in [1.165, 1.54) is 0 Å². The Bertz CT molecular complexity index is 686. The first-order valence-electron chi connectivity index (χ1n) is 6.66. The van der Waals surface area contributed by atoms with Crippen LogP contribution in [0.3, 0.4) is 0 Å². The quantitative estimate of drug-likeness (QED) is 0.471. The van der Waals surface area contributed by atoms with Gasteiger partial charge in [-0.1, -0.05) is 48.4 Å². The number of hydrogen-bond acceptors (Lipinski definition) is 0. The standard InChI is InChI=1S/C12H8/c1-3-9-4-2-6-11-8-7-10(5-1)12(9)11/h1-8H/i1D,2D,3D,4D,5D,6D. The molecule has 0 heterocycles. The molecular weight excluding hydrogens is 144 g/mol. The first kappa shape index (κ1) is 2.74. The van der Waals surface area contributed by atoms with Crippen molar-refractivity contribution in [3.8, 4) is 0 Å². The monoisotopic (exact) mass is 158 g/mol. The van der Waals surface area contributed by atoms with Crippen molar-refractivity contribution in [2.45, 2.75) is 0 Å². The molecule has 0 aromatic heterocycles. The lowest BCUT2D eigenvalue weighted by molar-refractivity contribution is 1.72. The SMILES string of the molecule is [2H]c1c([2H])c2c3c(c([2H])c([2H])c([2H])c3c1[2H])C=C2. The molecule has 0 spiro atoms. The molecule has 2 aromatic rings. The zero-order chi connectivity index (χ0) is 13.2. The maximum absolute atomic E-state index is 7.86. The van der Waals surface area contributed by atoms with E-state index in [9.17, 15) is 0 Å². The molecule has 3 rings (SSSR count). The van der Waals surface area contributed by atoms with Crippen LogP contribution in [0, 0.1) is 0 Å². The first-order valence-corrected chi connectivity index (χ1v) is 3.66. The summed E-state index contributed by atoms with van der Waals surface area (Å²) in [5.41, 5.74) is 0.950. The van der Waals surface area contributed by atoms with E-state index < -0.39 is 0 Å². The zero-order valence-corrected chi connectivity index (χ0v) is 6.15. The maximum atomic E-state index is 7.86. The average Bonchev–Trinajstić information content (AvgIpc) is 2.78. The molecule has 2 aromatic carbocycles. The molecule has 12 heavy (non-hydrogen) atoms. The Balaban J connectivity index is 2.71. The van der Waals surface area contributed by atoms with Gasteiger partial charge in [-0.05, 0) is 21.9 Å². The van der Waals surface area contributed by atoms with Crippen molar-refractivity contribution in [2.24, 2.45) is 0 Å². The van der Waals surface area contributed by atoms with E-state index in [-0.39, 0.29) is 41.6 Å². The summed E-state index contributed by atoms with van der Waals surface area (Å²) in [7, 11) is 0. The molecule has 0 bridgehead atoms. The molecule has 0 atom stereocenters. The highest BCUT2D eigenvalue weighted by Gasteiger charge is 2.06. The van der Waals surface area contributed by atoms with Crippen LogP contribution in [-0.4, -0.2) is 0 Å². The van der Waals surface area contributed by atoms with Gasteiger partial charge < -0.3 is 0 Å². The second kappa shape index (κ2) is 1.98. The lowest BCUT2D eigenvalue weighted by Gasteiger charge is -1.99. The summed E-state index contributed by atoms with van der Waals surface area (Å²) in [6.45, 7) is 0. The zero-order valence-electron chi connectivity index (χ0n) is 12.2. The van der Waals surface area contributed by atoms with Crippen LogP contribution < -0.4 is 0 Å². The van der Waals surface area contributed by atoms with E-state index in [2.05, 4.69) is 0 Å². The summed E-state index contributed by atoms with van der Waals surface area (Å²) in [4.78, 5) is 0. The average molecular weight is 158 g/mol. The lowest BCUT2D eigenvalue weighted by atomic mass is 10.0. The molecule has 0 unspecified atom stereocenters. The number of rotatable bonds is 0. The summed E-state index contributed by atoms with van der Waals surface area (Å²) in [5, 5.41) is 0.694. The van der Waals surface area contributed by atoms with Crippen molar-refractivity contribution in [3.63, 3.8) is 0 Å². The van der Waals surface area contributed by atoms with Crippen LogP contribution in [0.4, 0.5) is 0 Å². The maximum Gasteiger partial charge on any atom is 0.0629 e. The van der Waals surface area contributed by atoms with Gasteiger partial charge in [-0.3, -0.25) is 0 Å². The van der Waals surface area contributed by atoms with Crippen LogP contribution in [0.25, 0.3) is 22.9 Å². The molecule has 0 fully saturated rings. The Morgan fingerprint density at radius 1 is 0.833 bits per heavy atom. The molecule has 0 nitrogen and oxygen atoms in total. The fourth-order valence-corrected chi connectivity index (χ4v) is 1.43. The molecule has 0 heteroatoms. The van der Waals surface area contributed by atoms with Gasteiger partial charge in [-0.2, -0.15) is 0 Å². The highest BCUT2D eigenvalue weighted by molar-refractivity contribution is 6.04. The van der Waals surface area contributed by atoms with Crippen LogP contribution in [-0.2, 0) is 0 Å². The van der Waals surface area contributed by atoms with Gasteiger partial charge in [-0.15, -0.1) is 0 Å². The Hall–Kier alpha value is -1.56. The van der Waals surface area contributed by atoms with Crippen molar-refractivity contribution in [1.29, 1.82) is 0 Å². The van der Waals surface area contributed by atoms with Crippen LogP contribution in [0.2, 0.25) is 0 Å². The normalized spacial score (nSPS) is 19.7. The lowest BCUT2D eigenvalue weighted by Crippen LogP contribution is -1.76. The predicted octanol–water partition coefficient (Wildman–Crippen LogP) is 3.32. The van der Waals surface area contributed by atoms with Crippen LogP contribution in [0.15, 0.2) is 36.3 Å². The highest BCUT2D eigenvalue weighted by Crippen LogP contribution is 2.30. The predicted molar refractivity (Wildman–Crippen MR) is 52.9 cm³/mol. The van der Waals surface area contributed by atoms with E-state index >= 15 is 0 Å². The Kier molecular flexibility index (Phi) is 0.451. The highest BCUT2D eigenvalue weighted by atomic mass is 14.1.